The maximum atomic E-state index is 5.91. The van der Waals surface area contributed by atoms with Gasteiger partial charge in [0, 0.05) is 11.9 Å². The molecule has 1 heterocycles. The molecule has 0 aliphatic carbocycles. The van der Waals surface area contributed by atoms with Gasteiger partial charge in [0.1, 0.15) is 5.75 Å². The highest BCUT2D eigenvalue weighted by Gasteiger charge is 2.02. The van der Waals surface area contributed by atoms with Crippen molar-refractivity contribution in [3.05, 3.63) is 83.7 Å². The van der Waals surface area contributed by atoms with Crippen molar-refractivity contribution < 1.29 is 4.74 Å². The summed E-state index contributed by atoms with van der Waals surface area (Å²) >= 11 is 0. The lowest BCUT2D eigenvalue weighted by Gasteiger charge is -2.08. The number of benzene rings is 2. The van der Waals surface area contributed by atoms with Crippen molar-refractivity contribution in [2.45, 2.75) is 78.1 Å². The van der Waals surface area contributed by atoms with E-state index in [9.17, 15) is 0 Å². The Bertz CT molecular complexity index is 882. The number of pyridine rings is 1. The molecule has 0 atom stereocenters. The molecule has 0 fully saturated rings. The SMILES string of the molecule is CCCCCCCCOc1ccc(-c2ccc(CCc3ccc(CCC)nc3)cc2)cc1. The van der Waals surface area contributed by atoms with Gasteiger partial charge in [-0.15, -0.1) is 0 Å². The third kappa shape index (κ3) is 8.15. The summed E-state index contributed by atoms with van der Waals surface area (Å²) in [5.41, 5.74) is 6.36. The molecule has 2 aromatic carbocycles. The van der Waals surface area contributed by atoms with Crippen LogP contribution in [0, 0.1) is 0 Å². The van der Waals surface area contributed by atoms with Crippen LogP contribution in [0.2, 0.25) is 0 Å². The molecule has 0 radical (unpaired) electrons. The lowest BCUT2D eigenvalue weighted by molar-refractivity contribution is 0.304. The van der Waals surface area contributed by atoms with Crippen LogP contribution in [0.3, 0.4) is 0 Å². The second-order valence-electron chi connectivity index (χ2n) is 8.75. The first kappa shape index (κ1) is 24.0. The quantitative estimate of drug-likeness (QED) is 0.241. The second kappa shape index (κ2) is 13.7. The number of nitrogens with zero attached hydrogens (tertiary/aromatic N) is 1. The summed E-state index contributed by atoms with van der Waals surface area (Å²) in [6, 6.07) is 21.9. The topological polar surface area (TPSA) is 22.1 Å². The third-order valence-electron chi connectivity index (χ3n) is 6.00. The molecule has 0 aliphatic heterocycles. The molecule has 0 saturated carbocycles. The molecule has 0 amide bonds. The smallest absolute Gasteiger partial charge is 0.119 e. The highest BCUT2D eigenvalue weighted by atomic mass is 16.5. The van der Waals surface area contributed by atoms with E-state index in [4.69, 9.17) is 4.74 Å². The van der Waals surface area contributed by atoms with E-state index in [0.717, 1.165) is 44.5 Å². The Hall–Kier alpha value is -2.61. The van der Waals surface area contributed by atoms with Gasteiger partial charge >= 0.3 is 0 Å². The average Bonchev–Trinajstić information content (AvgIpc) is 2.84. The fourth-order valence-electron chi connectivity index (χ4n) is 3.98. The van der Waals surface area contributed by atoms with Gasteiger partial charge in [0.2, 0.25) is 0 Å². The molecule has 0 aliphatic rings. The summed E-state index contributed by atoms with van der Waals surface area (Å²) < 4.78 is 5.91. The Morgan fingerprint density at radius 2 is 1.22 bits per heavy atom. The minimum absolute atomic E-state index is 0.816. The molecule has 0 unspecified atom stereocenters. The number of aryl methyl sites for hydroxylation is 3. The molecule has 170 valence electrons. The summed E-state index contributed by atoms with van der Waals surface area (Å²) in [6.07, 6.45) is 14.1. The van der Waals surface area contributed by atoms with Crippen LogP contribution in [0.15, 0.2) is 66.9 Å². The van der Waals surface area contributed by atoms with E-state index in [-0.39, 0.29) is 0 Å². The maximum absolute atomic E-state index is 5.91. The minimum atomic E-state index is 0.816. The molecule has 0 spiro atoms. The molecule has 0 bridgehead atoms. The number of aromatic nitrogens is 1. The van der Waals surface area contributed by atoms with Crippen molar-refractivity contribution in [1.82, 2.24) is 4.98 Å². The van der Waals surface area contributed by atoms with Gasteiger partial charge in [-0.2, -0.15) is 0 Å². The van der Waals surface area contributed by atoms with Gasteiger partial charge in [-0.25, -0.2) is 0 Å². The first-order valence-corrected chi connectivity index (χ1v) is 12.5. The van der Waals surface area contributed by atoms with Crippen molar-refractivity contribution >= 4 is 0 Å². The predicted molar refractivity (Wildman–Crippen MR) is 136 cm³/mol. The summed E-state index contributed by atoms with van der Waals surface area (Å²) in [4.78, 5) is 4.57. The molecule has 0 saturated heterocycles. The molecule has 0 N–H and O–H groups in total. The third-order valence-corrected chi connectivity index (χ3v) is 6.00. The maximum Gasteiger partial charge on any atom is 0.119 e. The Balaban J connectivity index is 1.43. The van der Waals surface area contributed by atoms with Gasteiger partial charge in [0.25, 0.3) is 0 Å². The Morgan fingerprint density at radius 1 is 0.594 bits per heavy atom. The van der Waals surface area contributed by atoms with Crippen LogP contribution >= 0.6 is 0 Å². The highest BCUT2D eigenvalue weighted by molar-refractivity contribution is 5.64. The van der Waals surface area contributed by atoms with Gasteiger partial charge < -0.3 is 4.74 Å². The zero-order valence-electron chi connectivity index (χ0n) is 20.0. The van der Waals surface area contributed by atoms with Gasteiger partial charge in [-0.05, 0) is 66.1 Å². The zero-order chi connectivity index (χ0) is 22.4. The van der Waals surface area contributed by atoms with Crippen LogP contribution in [-0.4, -0.2) is 11.6 Å². The summed E-state index contributed by atoms with van der Waals surface area (Å²) in [5, 5.41) is 0. The van der Waals surface area contributed by atoms with Gasteiger partial charge in [-0.1, -0.05) is 94.8 Å². The van der Waals surface area contributed by atoms with E-state index < -0.39 is 0 Å². The van der Waals surface area contributed by atoms with E-state index in [0.29, 0.717) is 0 Å². The lowest BCUT2D eigenvalue weighted by Crippen LogP contribution is -1.97. The molecular weight excluding hydrogens is 390 g/mol. The van der Waals surface area contributed by atoms with Crippen LogP contribution in [0.5, 0.6) is 5.75 Å². The largest absolute Gasteiger partial charge is 0.494 e. The molecular formula is C30H39NO. The van der Waals surface area contributed by atoms with Crippen LogP contribution in [-0.2, 0) is 19.3 Å². The normalized spacial score (nSPS) is 10.9. The Labute approximate surface area is 195 Å². The van der Waals surface area contributed by atoms with Crippen molar-refractivity contribution in [1.29, 1.82) is 0 Å². The Kier molecular flexibility index (Phi) is 10.3. The van der Waals surface area contributed by atoms with E-state index in [2.05, 4.69) is 79.5 Å². The second-order valence-corrected chi connectivity index (χ2v) is 8.75. The molecule has 3 aromatic rings. The molecule has 1 aromatic heterocycles. The number of unbranched alkanes of at least 4 members (excludes halogenated alkanes) is 5. The number of ether oxygens (including phenoxy) is 1. The first-order chi connectivity index (χ1) is 15.8. The zero-order valence-corrected chi connectivity index (χ0v) is 20.0. The van der Waals surface area contributed by atoms with E-state index in [1.165, 1.54) is 60.1 Å². The summed E-state index contributed by atoms with van der Waals surface area (Å²) in [5.74, 6) is 0.970. The predicted octanol–water partition coefficient (Wildman–Crippen LogP) is 8.23. The standard InChI is InChI=1S/C30H39NO/c1-3-5-6-7-8-9-23-32-30-21-18-28(19-22-30)27-16-13-25(14-17-27)11-12-26-15-20-29(10-4-2)31-24-26/h13-22,24H,3-12,23H2,1-2H3. The van der Waals surface area contributed by atoms with Gasteiger partial charge in [0.15, 0.2) is 0 Å². The number of hydrogen-bond acceptors (Lipinski definition) is 2. The van der Waals surface area contributed by atoms with Crippen LogP contribution in [0.25, 0.3) is 11.1 Å². The molecule has 2 nitrogen and oxygen atoms in total. The van der Waals surface area contributed by atoms with Crippen molar-refractivity contribution in [2.24, 2.45) is 0 Å². The average molecular weight is 430 g/mol. The Morgan fingerprint density at radius 3 is 1.88 bits per heavy atom. The van der Waals surface area contributed by atoms with Crippen LogP contribution in [0.1, 0.15) is 75.6 Å². The van der Waals surface area contributed by atoms with Crippen LogP contribution < -0.4 is 4.74 Å². The van der Waals surface area contributed by atoms with Crippen molar-refractivity contribution in [2.75, 3.05) is 6.61 Å². The number of hydrogen-bond donors (Lipinski definition) is 0. The molecule has 2 heteroatoms. The lowest BCUT2D eigenvalue weighted by atomic mass is 10.0. The van der Waals surface area contributed by atoms with Gasteiger partial charge in [-0.3, -0.25) is 4.98 Å². The van der Waals surface area contributed by atoms with Crippen LogP contribution in [0.4, 0.5) is 0 Å². The fraction of sp³-hybridized carbons (Fsp3) is 0.433. The van der Waals surface area contributed by atoms with Gasteiger partial charge in [0.05, 0.1) is 6.61 Å². The highest BCUT2D eigenvalue weighted by Crippen LogP contribution is 2.23. The van der Waals surface area contributed by atoms with Crippen molar-refractivity contribution in [3.63, 3.8) is 0 Å². The summed E-state index contributed by atoms with van der Waals surface area (Å²) in [6.45, 7) is 5.27. The minimum Gasteiger partial charge on any atom is -0.494 e. The fourth-order valence-corrected chi connectivity index (χ4v) is 3.98. The number of rotatable bonds is 14. The first-order valence-electron chi connectivity index (χ1n) is 12.5. The monoisotopic (exact) mass is 429 g/mol. The van der Waals surface area contributed by atoms with E-state index in [1.54, 1.807) is 0 Å². The molecule has 32 heavy (non-hydrogen) atoms. The molecule has 3 rings (SSSR count). The summed E-state index contributed by atoms with van der Waals surface area (Å²) in [7, 11) is 0. The van der Waals surface area contributed by atoms with E-state index >= 15 is 0 Å². The van der Waals surface area contributed by atoms with Crippen molar-refractivity contribution in [3.8, 4) is 16.9 Å². The van der Waals surface area contributed by atoms with E-state index in [1.807, 2.05) is 6.20 Å².